The number of pyridine rings is 1. The number of aromatic nitrogens is 1. The first kappa shape index (κ1) is 15.1. The molecule has 0 bridgehead atoms. The third-order valence-electron chi connectivity index (χ3n) is 2.58. The number of benzene rings is 1. The van der Waals surface area contributed by atoms with E-state index in [-0.39, 0.29) is 11.4 Å². The van der Waals surface area contributed by atoms with Crippen LogP contribution in [0.1, 0.15) is 5.69 Å². The summed E-state index contributed by atoms with van der Waals surface area (Å²) in [6, 6.07) is 9.23. The average Bonchev–Trinajstić information content (AvgIpc) is 2.39. The number of rotatable bonds is 5. The second-order valence-corrected chi connectivity index (χ2v) is 6.69. The van der Waals surface area contributed by atoms with E-state index >= 15 is 0 Å². The van der Waals surface area contributed by atoms with Gasteiger partial charge in [-0.15, -0.1) is 0 Å². The van der Waals surface area contributed by atoms with E-state index in [0.29, 0.717) is 10.9 Å². The number of halogens is 2. The lowest BCUT2D eigenvalue weighted by molar-refractivity contribution is 0.556. The summed E-state index contributed by atoms with van der Waals surface area (Å²) in [5.74, 6) is -0.787. The second kappa shape index (κ2) is 6.43. The summed E-state index contributed by atoms with van der Waals surface area (Å²) in [7, 11) is -3.85. The molecule has 4 nitrogen and oxygen atoms in total. The molecule has 0 fully saturated rings. The van der Waals surface area contributed by atoms with Gasteiger partial charge in [-0.2, -0.15) is 0 Å². The van der Waals surface area contributed by atoms with Gasteiger partial charge in [-0.3, -0.25) is 4.98 Å². The Hall–Kier alpha value is -1.31. The molecule has 0 aliphatic heterocycles. The zero-order valence-electron chi connectivity index (χ0n) is 10.4. The smallest absolute Gasteiger partial charge is 0.243 e. The van der Waals surface area contributed by atoms with Gasteiger partial charge in [0.25, 0.3) is 0 Å². The molecule has 1 aromatic carbocycles. The lowest BCUT2D eigenvalue weighted by Gasteiger charge is -2.07. The van der Waals surface area contributed by atoms with Crippen molar-refractivity contribution in [1.82, 2.24) is 9.71 Å². The fourth-order valence-corrected chi connectivity index (χ4v) is 3.05. The molecular weight excluding hydrogens is 347 g/mol. The summed E-state index contributed by atoms with van der Waals surface area (Å²) < 4.78 is 40.4. The maximum atomic E-state index is 13.6. The van der Waals surface area contributed by atoms with E-state index in [1.54, 1.807) is 18.3 Å². The number of nitrogens with one attached hydrogen (secondary N) is 1. The van der Waals surface area contributed by atoms with Crippen molar-refractivity contribution in [3.05, 3.63) is 58.6 Å². The average molecular weight is 359 g/mol. The third-order valence-corrected chi connectivity index (χ3v) is 4.57. The lowest BCUT2D eigenvalue weighted by atomic mass is 10.3. The van der Waals surface area contributed by atoms with Crippen molar-refractivity contribution in [2.75, 3.05) is 6.54 Å². The van der Waals surface area contributed by atoms with E-state index in [1.807, 2.05) is 6.07 Å². The minimum Gasteiger partial charge on any atom is -0.261 e. The van der Waals surface area contributed by atoms with Gasteiger partial charge in [-0.05, 0) is 30.3 Å². The molecule has 0 saturated heterocycles. The Kier molecular flexibility index (Phi) is 4.85. The number of nitrogens with zero attached hydrogens (tertiary/aromatic N) is 1. The Morgan fingerprint density at radius 3 is 2.70 bits per heavy atom. The Labute approximate surface area is 125 Å². The molecule has 7 heteroatoms. The summed E-state index contributed by atoms with van der Waals surface area (Å²) >= 11 is 3.08. The minimum absolute atomic E-state index is 0.162. The van der Waals surface area contributed by atoms with Crippen molar-refractivity contribution in [3.8, 4) is 0 Å². The lowest BCUT2D eigenvalue weighted by Crippen LogP contribution is -2.27. The molecule has 20 heavy (non-hydrogen) atoms. The van der Waals surface area contributed by atoms with Crippen molar-refractivity contribution in [2.24, 2.45) is 0 Å². The summed E-state index contributed by atoms with van der Waals surface area (Å²) in [6.45, 7) is 0.162. The van der Waals surface area contributed by atoms with Crippen LogP contribution in [0.15, 0.2) is 52.0 Å². The van der Waals surface area contributed by atoms with Gasteiger partial charge in [-0.25, -0.2) is 17.5 Å². The summed E-state index contributed by atoms with van der Waals surface area (Å²) in [4.78, 5) is 3.73. The van der Waals surface area contributed by atoms with Crippen LogP contribution in [0.4, 0.5) is 4.39 Å². The van der Waals surface area contributed by atoms with Crippen molar-refractivity contribution < 1.29 is 12.8 Å². The van der Waals surface area contributed by atoms with Crippen LogP contribution in [0.3, 0.4) is 0 Å². The predicted molar refractivity (Wildman–Crippen MR) is 77.2 cm³/mol. The number of hydrogen-bond donors (Lipinski definition) is 1. The van der Waals surface area contributed by atoms with Crippen LogP contribution < -0.4 is 4.72 Å². The van der Waals surface area contributed by atoms with E-state index in [0.717, 1.165) is 11.8 Å². The van der Waals surface area contributed by atoms with Gasteiger partial charge in [0.1, 0.15) is 10.7 Å². The molecule has 0 saturated carbocycles. The number of sulfonamides is 1. The second-order valence-electron chi connectivity index (χ2n) is 4.04. The van der Waals surface area contributed by atoms with E-state index in [1.165, 1.54) is 12.1 Å². The first-order valence-corrected chi connectivity index (χ1v) is 8.11. The van der Waals surface area contributed by atoms with Crippen molar-refractivity contribution in [1.29, 1.82) is 0 Å². The van der Waals surface area contributed by atoms with Gasteiger partial charge in [0.15, 0.2) is 0 Å². The van der Waals surface area contributed by atoms with Crippen LogP contribution in [0.2, 0.25) is 0 Å². The molecule has 0 aliphatic carbocycles. The van der Waals surface area contributed by atoms with Crippen LogP contribution >= 0.6 is 15.9 Å². The molecule has 106 valence electrons. The van der Waals surface area contributed by atoms with Crippen molar-refractivity contribution in [3.63, 3.8) is 0 Å². The highest BCUT2D eigenvalue weighted by Crippen LogP contribution is 2.19. The monoisotopic (exact) mass is 358 g/mol. The van der Waals surface area contributed by atoms with Crippen LogP contribution in [0, 0.1) is 5.82 Å². The van der Waals surface area contributed by atoms with E-state index in [2.05, 4.69) is 25.6 Å². The van der Waals surface area contributed by atoms with Crippen LogP contribution in [-0.4, -0.2) is 19.9 Å². The largest absolute Gasteiger partial charge is 0.261 e. The predicted octanol–water partition coefficient (Wildman–Crippen LogP) is 2.50. The van der Waals surface area contributed by atoms with Gasteiger partial charge < -0.3 is 0 Å². The first-order chi connectivity index (χ1) is 9.49. The summed E-state index contributed by atoms with van der Waals surface area (Å²) in [5.41, 5.74) is 0.770. The highest BCUT2D eigenvalue weighted by Gasteiger charge is 2.18. The molecule has 0 spiro atoms. The van der Waals surface area contributed by atoms with E-state index < -0.39 is 15.8 Å². The first-order valence-electron chi connectivity index (χ1n) is 5.84. The van der Waals surface area contributed by atoms with Crippen molar-refractivity contribution in [2.45, 2.75) is 11.3 Å². The van der Waals surface area contributed by atoms with Gasteiger partial charge in [0.2, 0.25) is 10.0 Å². The van der Waals surface area contributed by atoms with Crippen LogP contribution in [0.25, 0.3) is 0 Å². The number of hydrogen-bond acceptors (Lipinski definition) is 3. The molecule has 1 heterocycles. The molecule has 0 amide bonds. The third kappa shape index (κ3) is 3.84. The highest BCUT2D eigenvalue weighted by atomic mass is 79.9. The molecule has 0 atom stereocenters. The normalized spacial score (nSPS) is 11.5. The van der Waals surface area contributed by atoms with E-state index in [4.69, 9.17) is 0 Å². The molecule has 2 aromatic rings. The molecule has 1 aromatic heterocycles. The molecule has 0 radical (unpaired) electrons. The van der Waals surface area contributed by atoms with Gasteiger partial charge in [-0.1, -0.05) is 22.0 Å². The molecule has 1 N–H and O–H groups in total. The molecule has 0 unspecified atom stereocenters. The quantitative estimate of drug-likeness (QED) is 0.893. The molecule has 0 aliphatic rings. The Balaban J connectivity index is 2.04. The summed E-state index contributed by atoms with van der Waals surface area (Å²) in [5, 5.41) is 0. The highest BCUT2D eigenvalue weighted by molar-refractivity contribution is 9.10. The maximum Gasteiger partial charge on any atom is 0.243 e. The Morgan fingerprint density at radius 2 is 2.05 bits per heavy atom. The fraction of sp³-hybridized carbons (Fsp3) is 0.154. The Morgan fingerprint density at radius 1 is 1.25 bits per heavy atom. The molecular formula is C13H12BrFN2O2S. The summed E-state index contributed by atoms with van der Waals surface area (Å²) in [6.07, 6.45) is 2.08. The SMILES string of the molecule is O=S(=O)(NCCc1ccccn1)c1ccc(Br)cc1F. The van der Waals surface area contributed by atoms with Gasteiger partial charge >= 0.3 is 0 Å². The van der Waals surface area contributed by atoms with Crippen LogP contribution in [-0.2, 0) is 16.4 Å². The maximum absolute atomic E-state index is 13.6. The van der Waals surface area contributed by atoms with E-state index in [9.17, 15) is 12.8 Å². The minimum atomic E-state index is -3.85. The fourth-order valence-electron chi connectivity index (χ4n) is 1.63. The molecule has 2 rings (SSSR count). The van der Waals surface area contributed by atoms with Gasteiger partial charge in [0, 0.05) is 29.3 Å². The van der Waals surface area contributed by atoms with Crippen LogP contribution in [0.5, 0.6) is 0 Å². The zero-order chi connectivity index (χ0) is 14.6. The topological polar surface area (TPSA) is 59.1 Å². The van der Waals surface area contributed by atoms with Gasteiger partial charge in [0.05, 0.1) is 0 Å². The zero-order valence-corrected chi connectivity index (χ0v) is 12.8. The van der Waals surface area contributed by atoms with Crippen molar-refractivity contribution >= 4 is 26.0 Å². The standard InChI is InChI=1S/C13H12BrFN2O2S/c14-10-4-5-13(12(15)9-10)20(18,19)17-8-6-11-3-1-2-7-16-11/h1-5,7,9,17H,6,8H2. The Bertz CT molecular complexity index is 693.